The third-order valence-electron chi connectivity index (χ3n) is 9.44. The minimum absolute atomic E-state index is 0.0118. The van der Waals surface area contributed by atoms with Gasteiger partial charge in [-0.15, -0.1) is 18.9 Å². The van der Waals surface area contributed by atoms with E-state index in [-0.39, 0.29) is 25.8 Å². The van der Waals surface area contributed by atoms with Crippen LogP contribution in [-0.4, -0.2) is 84.6 Å². The molecule has 51 heavy (non-hydrogen) atoms. The molecule has 2 saturated carbocycles. The number of hydrogen-bond donors (Lipinski definition) is 3. The number of nitrogens with zero attached hydrogens (tertiary/aromatic N) is 2. The van der Waals surface area contributed by atoms with Crippen LogP contribution in [0, 0.1) is 18.3 Å². The summed E-state index contributed by atoms with van der Waals surface area (Å²) in [5, 5.41) is 5.35. The molecule has 3 N–H and O–H groups in total. The number of methoxy groups -OCH3 is 1. The largest absolute Gasteiger partial charge is 0.497 e. The SMILES string of the molecule is C#CCC(NC(C)=O)C(=O)N1CC(Oc2cc(-c3ccccc3)nc3cc(OC)ccc23)CC1C(=O)NC1(C(=O)NS(=O)(=O)C2CC2)CC1C=C. The second-order valence-corrected chi connectivity index (χ2v) is 15.0. The molecular weight excluding hydrogens is 675 g/mol. The molecule has 0 spiro atoms. The van der Waals surface area contributed by atoms with Crippen molar-refractivity contribution in [1.82, 2.24) is 25.2 Å². The molecule has 1 saturated heterocycles. The van der Waals surface area contributed by atoms with Crippen molar-refractivity contribution in [3.05, 3.63) is 67.3 Å². The molecule has 14 heteroatoms. The molecule has 6 rings (SSSR count). The minimum atomic E-state index is -3.90. The average Bonchev–Trinajstić information content (AvgIpc) is 4.04. The number of benzene rings is 2. The lowest BCUT2D eigenvalue weighted by atomic mass is 10.1. The van der Waals surface area contributed by atoms with Gasteiger partial charge in [-0.2, -0.15) is 0 Å². The van der Waals surface area contributed by atoms with Crippen LogP contribution in [0.1, 0.15) is 39.0 Å². The summed E-state index contributed by atoms with van der Waals surface area (Å²) in [4.78, 5) is 59.7. The highest BCUT2D eigenvalue weighted by atomic mass is 32.2. The molecule has 1 aliphatic heterocycles. The first-order valence-corrected chi connectivity index (χ1v) is 18.2. The van der Waals surface area contributed by atoms with Gasteiger partial charge in [-0.3, -0.25) is 23.9 Å². The highest BCUT2D eigenvalue weighted by Crippen LogP contribution is 2.45. The number of carbonyl (C=O) groups is 4. The topological polar surface area (TPSA) is 173 Å². The second kappa shape index (κ2) is 14.1. The predicted molar refractivity (Wildman–Crippen MR) is 189 cm³/mol. The van der Waals surface area contributed by atoms with Crippen LogP contribution in [0.25, 0.3) is 22.2 Å². The lowest BCUT2D eigenvalue weighted by Gasteiger charge is -2.29. The maximum atomic E-state index is 14.1. The number of likely N-dealkylation sites (tertiary alicyclic amines) is 1. The number of sulfonamides is 1. The number of ether oxygens (including phenoxy) is 2. The summed E-state index contributed by atoms with van der Waals surface area (Å²) in [5.74, 6) is 0.301. The molecule has 2 heterocycles. The Bertz CT molecular complexity index is 2040. The molecule has 13 nitrogen and oxygen atoms in total. The molecule has 5 unspecified atom stereocenters. The molecule has 2 aliphatic carbocycles. The molecule has 4 amide bonds. The quantitative estimate of drug-likeness (QED) is 0.178. The lowest BCUT2D eigenvalue weighted by Crippen LogP contribution is -2.58. The van der Waals surface area contributed by atoms with Crippen LogP contribution in [0.15, 0.2) is 67.3 Å². The van der Waals surface area contributed by atoms with Crippen molar-refractivity contribution >= 4 is 44.6 Å². The summed E-state index contributed by atoms with van der Waals surface area (Å²) in [7, 11) is -2.34. The number of fused-ring (bicyclic) bond motifs is 1. The van der Waals surface area contributed by atoms with E-state index in [2.05, 4.69) is 27.9 Å². The molecule has 3 aliphatic rings. The third-order valence-corrected chi connectivity index (χ3v) is 11.3. The molecule has 266 valence electrons. The van der Waals surface area contributed by atoms with E-state index in [4.69, 9.17) is 20.9 Å². The van der Waals surface area contributed by atoms with Gasteiger partial charge in [-0.25, -0.2) is 13.4 Å². The van der Waals surface area contributed by atoms with Gasteiger partial charge < -0.3 is 25.0 Å². The van der Waals surface area contributed by atoms with Gasteiger partial charge in [0.1, 0.15) is 35.2 Å². The van der Waals surface area contributed by atoms with E-state index in [1.54, 1.807) is 25.3 Å². The van der Waals surface area contributed by atoms with E-state index >= 15 is 0 Å². The normalized spacial score (nSPS) is 23.0. The molecule has 3 fully saturated rings. The van der Waals surface area contributed by atoms with Crippen LogP contribution < -0.4 is 24.8 Å². The van der Waals surface area contributed by atoms with E-state index in [0.717, 1.165) is 5.56 Å². The van der Waals surface area contributed by atoms with Crippen molar-refractivity contribution in [1.29, 1.82) is 0 Å². The maximum absolute atomic E-state index is 14.1. The van der Waals surface area contributed by atoms with E-state index < -0.39 is 68.5 Å². The smallest absolute Gasteiger partial charge is 0.259 e. The maximum Gasteiger partial charge on any atom is 0.259 e. The number of hydrogen-bond acceptors (Lipinski definition) is 9. The number of carbonyl (C=O) groups excluding carboxylic acids is 4. The van der Waals surface area contributed by atoms with Crippen LogP contribution in [0.3, 0.4) is 0 Å². The monoisotopic (exact) mass is 713 g/mol. The molecule has 0 bridgehead atoms. The summed E-state index contributed by atoms with van der Waals surface area (Å²) in [6.07, 6.45) is 7.22. The molecule has 3 aromatic rings. The van der Waals surface area contributed by atoms with Gasteiger partial charge in [0.05, 0.1) is 30.1 Å². The van der Waals surface area contributed by atoms with Crippen LogP contribution in [0.4, 0.5) is 0 Å². The van der Waals surface area contributed by atoms with Crippen molar-refractivity contribution in [2.75, 3.05) is 13.7 Å². The van der Waals surface area contributed by atoms with Crippen LogP contribution in [0.5, 0.6) is 11.5 Å². The summed E-state index contributed by atoms with van der Waals surface area (Å²) in [6.45, 7) is 4.95. The molecule has 1 aromatic heterocycles. The lowest BCUT2D eigenvalue weighted by molar-refractivity contribution is -0.142. The van der Waals surface area contributed by atoms with Gasteiger partial charge in [0.25, 0.3) is 5.91 Å². The Labute approximate surface area is 296 Å². The zero-order valence-corrected chi connectivity index (χ0v) is 29.1. The van der Waals surface area contributed by atoms with Gasteiger partial charge in [-0.05, 0) is 31.4 Å². The number of nitrogens with one attached hydrogen (secondary N) is 3. The number of amides is 4. The number of rotatable bonds is 13. The highest BCUT2D eigenvalue weighted by molar-refractivity contribution is 7.91. The minimum Gasteiger partial charge on any atom is -0.497 e. The Morgan fingerprint density at radius 3 is 2.53 bits per heavy atom. The average molecular weight is 714 g/mol. The van der Waals surface area contributed by atoms with Crippen molar-refractivity contribution in [3.63, 3.8) is 0 Å². The first-order valence-electron chi connectivity index (χ1n) is 16.6. The zero-order chi connectivity index (χ0) is 36.5. The highest BCUT2D eigenvalue weighted by Gasteiger charge is 2.62. The van der Waals surface area contributed by atoms with Crippen LogP contribution in [-0.2, 0) is 29.2 Å². The van der Waals surface area contributed by atoms with E-state index in [0.29, 0.717) is 40.9 Å². The van der Waals surface area contributed by atoms with Gasteiger partial charge in [0, 0.05) is 48.8 Å². The fourth-order valence-corrected chi connectivity index (χ4v) is 7.86. The summed E-state index contributed by atoms with van der Waals surface area (Å²) < 4.78 is 39.4. The van der Waals surface area contributed by atoms with E-state index in [9.17, 15) is 27.6 Å². The molecule has 2 aromatic carbocycles. The Kier molecular flexibility index (Phi) is 9.77. The second-order valence-electron chi connectivity index (χ2n) is 13.1. The fourth-order valence-electron chi connectivity index (χ4n) is 6.49. The molecular formula is C37H39N5O8S. The van der Waals surface area contributed by atoms with Gasteiger partial charge in [-0.1, -0.05) is 36.4 Å². The fraction of sp³-hybridized carbons (Fsp3) is 0.378. The first kappa shape index (κ1) is 35.4. The third kappa shape index (κ3) is 7.39. The van der Waals surface area contributed by atoms with Crippen molar-refractivity contribution in [2.45, 2.75) is 68.0 Å². The first-order chi connectivity index (χ1) is 24.4. The number of aromatic nitrogens is 1. The Hall–Kier alpha value is -5.42. The number of terminal acetylenes is 1. The van der Waals surface area contributed by atoms with Crippen molar-refractivity contribution in [2.24, 2.45) is 5.92 Å². The summed E-state index contributed by atoms with van der Waals surface area (Å²) in [6, 6.07) is 14.4. The van der Waals surface area contributed by atoms with Gasteiger partial charge in [0.2, 0.25) is 27.7 Å². The Morgan fingerprint density at radius 2 is 1.90 bits per heavy atom. The standard InChI is InChI=1S/C37H39N5O8S/c1-5-10-29(38-22(3)43)35(45)42-21-26(18-32(42)34(44)40-37(20-24(37)6-2)36(46)41-51(47,48)27-14-15-27)50-33-19-30(23-11-8-7-9-12-23)39-31-17-25(49-4)13-16-28(31)33/h1,6-9,11-13,16-17,19,24,26-27,29,32H,2,10,14-15,18,20-21H2,3-4H3,(H,38,43)(H,40,44)(H,41,46). The van der Waals surface area contributed by atoms with Crippen molar-refractivity contribution < 1.29 is 37.1 Å². The Morgan fingerprint density at radius 1 is 1.16 bits per heavy atom. The molecule has 5 atom stereocenters. The predicted octanol–water partition coefficient (Wildman–Crippen LogP) is 2.46. The Balaban J connectivity index is 1.32. The van der Waals surface area contributed by atoms with E-state index in [1.165, 1.54) is 17.9 Å². The number of pyridine rings is 1. The van der Waals surface area contributed by atoms with Crippen LogP contribution in [0.2, 0.25) is 0 Å². The molecule has 0 radical (unpaired) electrons. The summed E-state index contributed by atoms with van der Waals surface area (Å²) >= 11 is 0. The van der Waals surface area contributed by atoms with E-state index in [1.807, 2.05) is 36.4 Å². The van der Waals surface area contributed by atoms with Crippen molar-refractivity contribution in [3.8, 4) is 35.1 Å². The van der Waals surface area contributed by atoms with Gasteiger partial charge in [0.15, 0.2) is 0 Å². The van der Waals surface area contributed by atoms with Crippen LogP contribution >= 0.6 is 0 Å². The van der Waals surface area contributed by atoms with Gasteiger partial charge >= 0.3 is 0 Å². The zero-order valence-electron chi connectivity index (χ0n) is 28.3. The summed E-state index contributed by atoms with van der Waals surface area (Å²) in [5.41, 5.74) is 0.511.